The number of halogens is 2. The maximum Gasteiger partial charge on any atom is 0.255 e. The Morgan fingerprint density at radius 2 is 1.93 bits per heavy atom. The molecule has 5 nitrogen and oxygen atoms in total. The fourth-order valence-electron chi connectivity index (χ4n) is 3.92. The highest BCUT2D eigenvalue weighted by molar-refractivity contribution is 6.31. The predicted molar refractivity (Wildman–Crippen MR) is 102 cm³/mol. The van der Waals surface area contributed by atoms with Gasteiger partial charge in [0.05, 0.1) is 11.3 Å². The lowest BCUT2D eigenvalue weighted by Gasteiger charge is -2.51. The molecule has 0 atom stereocenters. The molecule has 2 amide bonds. The Morgan fingerprint density at radius 1 is 1.19 bits per heavy atom. The van der Waals surface area contributed by atoms with Crippen LogP contribution in [-0.2, 0) is 0 Å². The molecule has 0 aromatic heterocycles. The first-order valence-corrected chi connectivity index (χ1v) is 9.18. The van der Waals surface area contributed by atoms with Crippen LogP contribution < -0.4 is 10.2 Å². The molecule has 4 rings (SSSR count). The minimum absolute atomic E-state index is 0.157. The highest BCUT2D eigenvalue weighted by atomic mass is 35.5. The number of fused-ring (bicyclic) bond motifs is 1. The van der Waals surface area contributed by atoms with Gasteiger partial charge in [-0.05, 0) is 36.4 Å². The summed E-state index contributed by atoms with van der Waals surface area (Å²) in [6.45, 7) is 0.950. The molecule has 0 aliphatic carbocycles. The molecular formula is C20H19ClFN3O2. The van der Waals surface area contributed by atoms with Crippen molar-refractivity contribution in [3.63, 3.8) is 0 Å². The summed E-state index contributed by atoms with van der Waals surface area (Å²) in [5.41, 5.74) is 1.17. The summed E-state index contributed by atoms with van der Waals surface area (Å²) in [6.07, 6.45) is 1.16. The number of piperidine rings is 1. The number of anilines is 1. The summed E-state index contributed by atoms with van der Waals surface area (Å²) < 4.78 is 13.4. The van der Waals surface area contributed by atoms with E-state index in [1.54, 1.807) is 23.1 Å². The monoisotopic (exact) mass is 387 g/mol. The molecule has 0 bridgehead atoms. The normalized spacial score (nSPS) is 18.3. The van der Waals surface area contributed by atoms with Gasteiger partial charge in [0.25, 0.3) is 11.8 Å². The Labute approximate surface area is 161 Å². The number of hydrogen-bond acceptors (Lipinski definition) is 3. The van der Waals surface area contributed by atoms with Crippen LogP contribution in [0.1, 0.15) is 33.6 Å². The highest BCUT2D eigenvalue weighted by Crippen LogP contribution is 2.37. The maximum absolute atomic E-state index is 13.4. The van der Waals surface area contributed by atoms with Gasteiger partial charge in [0.2, 0.25) is 0 Å². The van der Waals surface area contributed by atoms with E-state index in [1.165, 1.54) is 18.2 Å². The van der Waals surface area contributed by atoms with E-state index in [1.807, 2.05) is 13.1 Å². The zero-order valence-corrected chi connectivity index (χ0v) is 15.6. The molecule has 2 aliphatic rings. The Hall–Kier alpha value is -2.60. The van der Waals surface area contributed by atoms with Crippen LogP contribution in [0.3, 0.4) is 0 Å². The van der Waals surface area contributed by atoms with Gasteiger partial charge >= 0.3 is 0 Å². The van der Waals surface area contributed by atoms with Gasteiger partial charge in [-0.1, -0.05) is 17.7 Å². The zero-order valence-electron chi connectivity index (χ0n) is 14.8. The first kappa shape index (κ1) is 17.8. The van der Waals surface area contributed by atoms with Gasteiger partial charge in [0.15, 0.2) is 0 Å². The second kappa shape index (κ2) is 6.53. The molecule has 2 heterocycles. The number of benzene rings is 2. The number of likely N-dealkylation sites (tertiary alicyclic amines) is 1. The molecule has 2 aromatic carbocycles. The van der Waals surface area contributed by atoms with E-state index in [-0.39, 0.29) is 11.8 Å². The number of hydrogen-bond donors (Lipinski definition) is 1. The second-order valence-electron chi connectivity index (χ2n) is 7.01. The van der Waals surface area contributed by atoms with Crippen LogP contribution in [0.15, 0.2) is 42.5 Å². The van der Waals surface area contributed by atoms with Gasteiger partial charge in [-0.25, -0.2) is 4.39 Å². The van der Waals surface area contributed by atoms with E-state index >= 15 is 0 Å². The van der Waals surface area contributed by atoms with Crippen molar-refractivity contribution in [1.82, 2.24) is 10.2 Å². The quantitative estimate of drug-likeness (QED) is 0.817. The average molecular weight is 388 g/mol. The first-order chi connectivity index (χ1) is 12.9. The molecule has 0 radical (unpaired) electrons. The summed E-state index contributed by atoms with van der Waals surface area (Å²) in [6, 6.07) is 11.0. The van der Waals surface area contributed by atoms with Crippen LogP contribution in [0.2, 0.25) is 5.02 Å². The minimum atomic E-state index is -0.545. The van der Waals surface area contributed by atoms with E-state index in [2.05, 4.69) is 10.2 Å². The molecule has 1 spiro atoms. The van der Waals surface area contributed by atoms with E-state index in [0.717, 1.165) is 5.69 Å². The molecule has 1 saturated heterocycles. The lowest BCUT2D eigenvalue weighted by Crippen LogP contribution is -2.67. The van der Waals surface area contributed by atoms with Crippen molar-refractivity contribution in [1.29, 1.82) is 0 Å². The van der Waals surface area contributed by atoms with Crippen molar-refractivity contribution in [3.8, 4) is 0 Å². The number of amides is 2. The third kappa shape index (κ3) is 3.04. The molecule has 27 heavy (non-hydrogen) atoms. The van der Waals surface area contributed by atoms with E-state index < -0.39 is 11.5 Å². The summed E-state index contributed by atoms with van der Waals surface area (Å²) >= 11 is 6.02. The van der Waals surface area contributed by atoms with Crippen molar-refractivity contribution in [2.45, 2.75) is 18.5 Å². The lowest BCUT2D eigenvalue weighted by atomic mass is 9.90. The average Bonchev–Trinajstić information content (AvgIpc) is 2.66. The molecular weight excluding hydrogens is 369 g/mol. The van der Waals surface area contributed by atoms with Gasteiger partial charge in [-0.15, -0.1) is 0 Å². The maximum atomic E-state index is 13.4. The van der Waals surface area contributed by atoms with E-state index in [9.17, 15) is 14.0 Å². The van der Waals surface area contributed by atoms with Crippen molar-refractivity contribution in [2.75, 3.05) is 25.0 Å². The molecule has 1 fully saturated rings. The SMILES string of the molecule is CN1c2ccc(Cl)cc2C(=O)NC12CCN(C(=O)c1cccc(F)c1)CC2. The van der Waals surface area contributed by atoms with Gasteiger partial charge in [0.1, 0.15) is 11.5 Å². The summed E-state index contributed by atoms with van der Waals surface area (Å²) in [5.74, 6) is -0.777. The number of carbonyl (C=O) groups excluding carboxylic acids is 2. The van der Waals surface area contributed by atoms with Crippen LogP contribution in [-0.4, -0.2) is 42.5 Å². The van der Waals surface area contributed by atoms with Crippen molar-refractivity contribution >= 4 is 29.1 Å². The van der Waals surface area contributed by atoms with E-state index in [4.69, 9.17) is 11.6 Å². The zero-order chi connectivity index (χ0) is 19.2. The van der Waals surface area contributed by atoms with Crippen LogP contribution in [0, 0.1) is 5.82 Å². The topological polar surface area (TPSA) is 52.7 Å². The molecule has 7 heteroatoms. The Bertz CT molecular complexity index is 925. The van der Waals surface area contributed by atoms with Crippen LogP contribution >= 0.6 is 11.6 Å². The Morgan fingerprint density at radius 3 is 2.63 bits per heavy atom. The minimum Gasteiger partial charge on any atom is -0.351 e. The standard InChI is InChI=1S/C20H19ClFN3O2/c1-24-17-6-5-14(21)12-16(17)18(26)23-20(24)7-9-25(10-8-20)19(27)13-3-2-4-15(22)11-13/h2-6,11-12H,7-10H2,1H3,(H,23,26). The number of nitrogens with zero attached hydrogens (tertiary/aromatic N) is 2. The van der Waals surface area contributed by atoms with Crippen LogP contribution in [0.5, 0.6) is 0 Å². The third-order valence-electron chi connectivity index (χ3n) is 5.50. The fourth-order valence-corrected chi connectivity index (χ4v) is 4.09. The highest BCUT2D eigenvalue weighted by Gasteiger charge is 2.44. The molecule has 0 unspecified atom stereocenters. The van der Waals surface area contributed by atoms with Crippen molar-refractivity contribution < 1.29 is 14.0 Å². The molecule has 2 aromatic rings. The Kier molecular flexibility index (Phi) is 4.30. The van der Waals surface area contributed by atoms with Gasteiger partial charge in [-0.3, -0.25) is 9.59 Å². The molecule has 0 saturated carbocycles. The fraction of sp³-hybridized carbons (Fsp3) is 0.300. The van der Waals surface area contributed by atoms with E-state index in [0.29, 0.717) is 42.1 Å². The summed E-state index contributed by atoms with van der Waals surface area (Å²) in [4.78, 5) is 29.0. The smallest absolute Gasteiger partial charge is 0.255 e. The number of carbonyl (C=O) groups is 2. The van der Waals surface area contributed by atoms with Gasteiger partial charge in [-0.2, -0.15) is 0 Å². The Balaban J connectivity index is 1.54. The molecule has 140 valence electrons. The first-order valence-electron chi connectivity index (χ1n) is 8.80. The number of rotatable bonds is 1. The van der Waals surface area contributed by atoms with Gasteiger partial charge < -0.3 is 15.1 Å². The van der Waals surface area contributed by atoms with Crippen molar-refractivity contribution in [2.24, 2.45) is 0 Å². The lowest BCUT2D eigenvalue weighted by molar-refractivity contribution is 0.0608. The molecule has 2 aliphatic heterocycles. The number of nitrogens with one attached hydrogen (secondary N) is 1. The second-order valence-corrected chi connectivity index (χ2v) is 7.45. The predicted octanol–water partition coefficient (Wildman–Crippen LogP) is 3.29. The third-order valence-corrected chi connectivity index (χ3v) is 5.74. The molecule has 1 N–H and O–H groups in total. The summed E-state index contributed by atoms with van der Waals surface area (Å²) in [5, 5.41) is 3.62. The van der Waals surface area contributed by atoms with Crippen LogP contribution in [0.25, 0.3) is 0 Å². The van der Waals surface area contributed by atoms with Crippen LogP contribution in [0.4, 0.5) is 10.1 Å². The van der Waals surface area contributed by atoms with Crippen molar-refractivity contribution in [3.05, 3.63) is 64.4 Å². The summed E-state index contributed by atoms with van der Waals surface area (Å²) in [7, 11) is 1.94. The van der Waals surface area contributed by atoms with Gasteiger partial charge in [0, 0.05) is 43.6 Å². The largest absolute Gasteiger partial charge is 0.351 e.